The zero-order valence-electron chi connectivity index (χ0n) is 15.2. The number of piperidine rings is 1. The molecule has 2 aromatic carbocycles. The minimum absolute atomic E-state index is 0.0899. The minimum atomic E-state index is -0.671. The first-order chi connectivity index (χ1) is 13.5. The van der Waals surface area contributed by atoms with E-state index in [1.54, 1.807) is 18.3 Å². The zero-order valence-corrected chi connectivity index (χ0v) is 16.0. The smallest absolute Gasteiger partial charge is 0.252 e. The fraction of sp³-hybridized carbons (Fsp3) is 0.238. The van der Waals surface area contributed by atoms with Gasteiger partial charge >= 0.3 is 0 Å². The number of nitrogens with zero attached hydrogens (tertiary/aromatic N) is 2. The van der Waals surface area contributed by atoms with Gasteiger partial charge in [-0.15, -0.1) is 0 Å². The number of primary amides is 1. The van der Waals surface area contributed by atoms with E-state index in [0.717, 1.165) is 48.1 Å². The Labute approximate surface area is 167 Å². The number of fused-ring (bicyclic) bond motifs is 1. The third-order valence-electron chi connectivity index (χ3n) is 5.26. The number of aromatic hydroxyl groups is 1. The largest absolute Gasteiger partial charge is 0.506 e. The number of pyridine rings is 1. The first-order valence-corrected chi connectivity index (χ1v) is 9.54. The van der Waals surface area contributed by atoms with Gasteiger partial charge in [-0.2, -0.15) is 0 Å². The fourth-order valence-electron chi connectivity index (χ4n) is 3.74. The molecule has 0 bridgehead atoms. The number of carbonyl (C=O) groups is 1. The van der Waals surface area contributed by atoms with E-state index in [1.165, 1.54) is 6.07 Å². The van der Waals surface area contributed by atoms with Gasteiger partial charge in [-0.25, -0.2) is 0 Å². The molecule has 0 radical (unpaired) electrons. The number of para-hydroxylation sites is 1. The van der Waals surface area contributed by atoms with Crippen molar-refractivity contribution in [3.05, 3.63) is 53.2 Å². The topological polar surface area (TPSA) is 105 Å². The number of amides is 1. The number of anilines is 1. The number of nitrogens with two attached hydrogens (primary N) is 2. The van der Waals surface area contributed by atoms with E-state index < -0.39 is 5.91 Å². The first-order valence-electron chi connectivity index (χ1n) is 9.16. The van der Waals surface area contributed by atoms with Crippen molar-refractivity contribution in [3.8, 4) is 16.9 Å². The van der Waals surface area contributed by atoms with E-state index in [-0.39, 0.29) is 17.4 Å². The second-order valence-electron chi connectivity index (χ2n) is 7.08. The predicted molar refractivity (Wildman–Crippen MR) is 112 cm³/mol. The molecule has 6 nitrogen and oxygen atoms in total. The summed E-state index contributed by atoms with van der Waals surface area (Å²) in [7, 11) is 0. The van der Waals surface area contributed by atoms with Gasteiger partial charge in [0.25, 0.3) is 5.91 Å². The second-order valence-corrected chi connectivity index (χ2v) is 7.48. The lowest BCUT2D eigenvalue weighted by Crippen LogP contribution is -2.39. The highest BCUT2D eigenvalue weighted by Crippen LogP contribution is 2.39. The Kier molecular flexibility index (Phi) is 4.83. The predicted octanol–water partition coefficient (Wildman–Crippen LogP) is 3.29. The second kappa shape index (κ2) is 7.30. The maximum atomic E-state index is 11.6. The lowest BCUT2D eigenvalue weighted by Gasteiger charge is -2.33. The summed E-state index contributed by atoms with van der Waals surface area (Å²) in [6, 6.07) is 10.9. The van der Waals surface area contributed by atoms with Crippen molar-refractivity contribution in [1.29, 1.82) is 0 Å². The number of hydrogen-bond donors (Lipinski definition) is 3. The molecule has 0 aliphatic carbocycles. The minimum Gasteiger partial charge on any atom is -0.506 e. The van der Waals surface area contributed by atoms with Crippen LogP contribution < -0.4 is 16.4 Å². The van der Waals surface area contributed by atoms with Crippen LogP contribution >= 0.6 is 11.6 Å². The molecule has 0 unspecified atom stereocenters. The van der Waals surface area contributed by atoms with Crippen LogP contribution in [0.15, 0.2) is 42.6 Å². The van der Waals surface area contributed by atoms with Crippen LogP contribution in [0.5, 0.6) is 5.75 Å². The van der Waals surface area contributed by atoms with Crippen LogP contribution in [0.3, 0.4) is 0 Å². The van der Waals surface area contributed by atoms with Crippen molar-refractivity contribution in [2.24, 2.45) is 11.5 Å². The molecule has 28 heavy (non-hydrogen) atoms. The first kappa shape index (κ1) is 18.5. The summed E-state index contributed by atoms with van der Waals surface area (Å²) in [5.41, 5.74) is 14.5. The van der Waals surface area contributed by atoms with Gasteiger partial charge in [0.1, 0.15) is 5.75 Å². The van der Waals surface area contributed by atoms with Gasteiger partial charge in [-0.05, 0) is 36.6 Å². The molecule has 7 heteroatoms. The van der Waals surface area contributed by atoms with Crippen LogP contribution in [-0.2, 0) is 0 Å². The van der Waals surface area contributed by atoms with Gasteiger partial charge in [0.05, 0.1) is 21.8 Å². The van der Waals surface area contributed by atoms with E-state index in [9.17, 15) is 9.90 Å². The highest BCUT2D eigenvalue weighted by atomic mass is 35.5. The number of rotatable bonds is 3. The number of halogens is 1. The van der Waals surface area contributed by atoms with Crippen LogP contribution in [0.1, 0.15) is 23.2 Å². The Morgan fingerprint density at radius 1 is 1.21 bits per heavy atom. The van der Waals surface area contributed by atoms with Crippen LogP contribution in [0.4, 0.5) is 5.69 Å². The third kappa shape index (κ3) is 3.25. The third-order valence-corrected chi connectivity index (χ3v) is 5.54. The molecule has 1 saturated heterocycles. The number of phenols is 1. The molecule has 4 rings (SSSR count). The molecule has 1 fully saturated rings. The van der Waals surface area contributed by atoms with Gasteiger partial charge in [-0.1, -0.05) is 29.8 Å². The molecule has 0 saturated carbocycles. The zero-order chi connectivity index (χ0) is 19.8. The SMILES string of the molecule is NC(=O)c1cccc(-c2ccc3ncc(Cl)c(N4CCC(N)CC4)c3c2)c1O. The maximum Gasteiger partial charge on any atom is 0.252 e. The maximum absolute atomic E-state index is 11.6. The van der Waals surface area contributed by atoms with E-state index in [0.29, 0.717) is 10.6 Å². The summed E-state index contributed by atoms with van der Waals surface area (Å²) in [4.78, 5) is 18.2. The molecule has 5 N–H and O–H groups in total. The summed E-state index contributed by atoms with van der Waals surface area (Å²) in [5, 5.41) is 12.0. The molecule has 1 aliphatic rings. The van der Waals surface area contributed by atoms with Crippen LogP contribution in [-0.4, -0.2) is 35.1 Å². The van der Waals surface area contributed by atoms with Crippen molar-refractivity contribution < 1.29 is 9.90 Å². The normalized spacial score (nSPS) is 15.1. The van der Waals surface area contributed by atoms with E-state index in [4.69, 9.17) is 23.1 Å². The average Bonchev–Trinajstić information content (AvgIpc) is 2.68. The Hall–Kier alpha value is -2.83. The Morgan fingerprint density at radius 3 is 2.68 bits per heavy atom. The Balaban J connectivity index is 1.86. The highest BCUT2D eigenvalue weighted by molar-refractivity contribution is 6.34. The van der Waals surface area contributed by atoms with Crippen molar-refractivity contribution >= 4 is 34.1 Å². The standard InChI is InChI=1S/C21H21ClN4O2/c22-17-11-25-18-5-4-12(14-2-1-3-15(20(14)27)21(24)28)10-16(18)19(17)26-8-6-13(23)7-9-26/h1-5,10-11,13,27H,6-9,23H2,(H2,24,28). The van der Waals surface area contributed by atoms with E-state index in [1.807, 2.05) is 18.2 Å². The monoisotopic (exact) mass is 396 g/mol. The summed E-state index contributed by atoms with van der Waals surface area (Å²) >= 11 is 6.52. The lowest BCUT2D eigenvalue weighted by atomic mass is 9.98. The molecular weight excluding hydrogens is 376 g/mol. The molecule has 1 aromatic heterocycles. The van der Waals surface area contributed by atoms with Crippen LogP contribution in [0.25, 0.3) is 22.0 Å². The quantitative estimate of drug-likeness (QED) is 0.630. The molecule has 144 valence electrons. The molecule has 0 spiro atoms. The van der Waals surface area contributed by atoms with E-state index >= 15 is 0 Å². The molecule has 1 amide bonds. The summed E-state index contributed by atoms with van der Waals surface area (Å²) in [5.74, 6) is -0.801. The number of hydrogen-bond acceptors (Lipinski definition) is 5. The average molecular weight is 397 g/mol. The van der Waals surface area contributed by atoms with Gasteiger partial charge in [0, 0.05) is 36.3 Å². The van der Waals surface area contributed by atoms with Gasteiger partial charge in [0.2, 0.25) is 0 Å². The van der Waals surface area contributed by atoms with Gasteiger partial charge in [-0.3, -0.25) is 9.78 Å². The fourth-order valence-corrected chi connectivity index (χ4v) is 4.01. The number of carbonyl (C=O) groups excluding carboxylic acids is 1. The summed E-state index contributed by atoms with van der Waals surface area (Å²) < 4.78 is 0. The van der Waals surface area contributed by atoms with Crippen LogP contribution in [0, 0.1) is 0 Å². The lowest BCUT2D eigenvalue weighted by molar-refractivity contribution is 0.0998. The van der Waals surface area contributed by atoms with Crippen molar-refractivity contribution in [3.63, 3.8) is 0 Å². The Bertz CT molecular complexity index is 1060. The van der Waals surface area contributed by atoms with E-state index in [2.05, 4.69) is 9.88 Å². The highest BCUT2D eigenvalue weighted by Gasteiger charge is 2.21. The summed E-state index contributed by atoms with van der Waals surface area (Å²) in [6.07, 6.45) is 3.47. The molecule has 1 aliphatic heterocycles. The molecule has 3 aromatic rings. The van der Waals surface area contributed by atoms with Crippen molar-refractivity contribution in [1.82, 2.24) is 4.98 Å². The van der Waals surface area contributed by atoms with Crippen molar-refractivity contribution in [2.75, 3.05) is 18.0 Å². The van der Waals surface area contributed by atoms with Gasteiger partial charge in [0.15, 0.2) is 0 Å². The van der Waals surface area contributed by atoms with Crippen molar-refractivity contribution in [2.45, 2.75) is 18.9 Å². The number of benzene rings is 2. The Morgan fingerprint density at radius 2 is 1.96 bits per heavy atom. The molecule has 0 atom stereocenters. The number of aromatic nitrogens is 1. The van der Waals surface area contributed by atoms with Crippen LogP contribution in [0.2, 0.25) is 5.02 Å². The molecular formula is C21H21ClN4O2. The van der Waals surface area contributed by atoms with Gasteiger partial charge < -0.3 is 21.5 Å². The summed E-state index contributed by atoms with van der Waals surface area (Å²) in [6.45, 7) is 1.65. The molecule has 2 heterocycles.